The van der Waals surface area contributed by atoms with Crippen LogP contribution in [0.3, 0.4) is 0 Å². The molecule has 0 N–H and O–H groups in total. The second-order valence-electron chi connectivity index (χ2n) is 5.34. The van der Waals surface area contributed by atoms with Gasteiger partial charge in [0.25, 0.3) is 0 Å². The predicted molar refractivity (Wildman–Crippen MR) is 80.8 cm³/mol. The van der Waals surface area contributed by atoms with E-state index in [1.807, 2.05) is 18.2 Å². The number of halogens is 1. The minimum Gasteiger partial charge on any atom is -0.496 e. The molecule has 1 aliphatic carbocycles. The molecule has 0 amide bonds. The van der Waals surface area contributed by atoms with Gasteiger partial charge < -0.3 is 4.74 Å². The maximum absolute atomic E-state index is 12.5. The van der Waals surface area contributed by atoms with Crippen LogP contribution in [-0.2, 0) is 0 Å². The molecular formula is C16H21BrO2. The standard InChI is InChI=1S/C16H21BrO2/c1-3-11-4-6-12(7-5-11)16(18)13-8-9-15(19-2)14(17)10-13/h8-12H,3-7H2,1-2H3. The summed E-state index contributed by atoms with van der Waals surface area (Å²) >= 11 is 3.44. The molecule has 0 aliphatic heterocycles. The molecule has 1 aromatic carbocycles. The van der Waals surface area contributed by atoms with Gasteiger partial charge in [-0.25, -0.2) is 0 Å². The van der Waals surface area contributed by atoms with Crippen LogP contribution < -0.4 is 4.74 Å². The summed E-state index contributed by atoms with van der Waals surface area (Å²) in [5.41, 5.74) is 0.799. The molecular weight excluding hydrogens is 304 g/mol. The van der Waals surface area contributed by atoms with Crippen molar-refractivity contribution < 1.29 is 9.53 Å². The second kappa shape index (κ2) is 6.56. The fraction of sp³-hybridized carbons (Fsp3) is 0.562. The minimum atomic E-state index is 0.211. The zero-order valence-electron chi connectivity index (χ0n) is 11.6. The lowest BCUT2D eigenvalue weighted by Gasteiger charge is -2.26. The van der Waals surface area contributed by atoms with Crippen LogP contribution in [0.1, 0.15) is 49.4 Å². The molecule has 0 atom stereocenters. The van der Waals surface area contributed by atoms with E-state index in [9.17, 15) is 4.79 Å². The summed E-state index contributed by atoms with van der Waals surface area (Å²) in [7, 11) is 1.63. The van der Waals surface area contributed by atoms with Crippen LogP contribution in [0.2, 0.25) is 0 Å². The lowest BCUT2D eigenvalue weighted by atomic mass is 9.78. The summed E-state index contributed by atoms with van der Waals surface area (Å²) in [5, 5.41) is 0. The Morgan fingerprint density at radius 1 is 1.32 bits per heavy atom. The molecule has 0 heterocycles. The van der Waals surface area contributed by atoms with Crippen LogP contribution in [0.5, 0.6) is 5.75 Å². The summed E-state index contributed by atoms with van der Waals surface area (Å²) in [5.74, 6) is 2.10. The van der Waals surface area contributed by atoms with E-state index in [0.717, 1.165) is 34.5 Å². The van der Waals surface area contributed by atoms with E-state index in [1.165, 1.54) is 19.3 Å². The van der Waals surface area contributed by atoms with Gasteiger partial charge in [-0.2, -0.15) is 0 Å². The number of rotatable bonds is 4. The molecule has 3 heteroatoms. The molecule has 0 bridgehead atoms. The monoisotopic (exact) mass is 324 g/mol. The predicted octanol–water partition coefficient (Wildman–Crippen LogP) is 4.86. The van der Waals surface area contributed by atoms with E-state index >= 15 is 0 Å². The Labute approximate surface area is 123 Å². The fourth-order valence-electron chi connectivity index (χ4n) is 2.89. The van der Waals surface area contributed by atoms with Gasteiger partial charge in [0.15, 0.2) is 5.78 Å². The molecule has 0 radical (unpaired) electrons. The normalized spacial score (nSPS) is 23.1. The van der Waals surface area contributed by atoms with Crippen molar-refractivity contribution in [3.8, 4) is 5.75 Å². The topological polar surface area (TPSA) is 26.3 Å². The maximum Gasteiger partial charge on any atom is 0.165 e. The average Bonchev–Trinajstić information content (AvgIpc) is 2.46. The number of carbonyl (C=O) groups is 1. The van der Waals surface area contributed by atoms with Gasteiger partial charge in [0, 0.05) is 11.5 Å². The molecule has 1 fully saturated rings. The summed E-state index contributed by atoms with van der Waals surface area (Å²) in [6.07, 6.45) is 5.73. The third kappa shape index (κ3) is 3.38. The molecule has 1 saturated carbocycles. The van der Waals surface area contributed by atoms with Gasteiger partial charge >= 0.3 is 0 Å². The Bertz CT molecular complexity index is 448. The SMILES string of the molecule is CCC1CCC(C(=O)c2ccc(OC)c(Br)c2)CC1. The summed E-state index contributed by atoms with van der Waals surface area (Å²) in [4.78, 5) is 12.5. The van der Waals surface area contributed by atoms with Gasteiger partial charge in [-0.15, -0.1) is 0 Å². The molecule has 19 heavy (non-hydrogen) atoms. The number of benzene rings is 1. The first kappa shape index (κ1) is 14.6. The average molecular weight is 325 g/mol. The number of methoxy groups -OCH3 is 1. The van der Waals surface area contributed by atoms with Crippen LogP contribution in [-0.4, -0.2) is 12.9 Å². The van der Waals surface area contributed by atoms with E-state index in [-0.39, 0.29) is 11.7 Å². The lowest BCUT2D eigenvalue weighted by molar-refractivity contribution is 0.0871. The third-order valence-electron chi connectivity index (χ3n) is 4.23. The minimum absolute atomic E-state index is 0.211. The lowest BCUT2D eigenvalue weighted by Crippen LogP contribution is -2.21. The molecule has 0 aromatic heterocycles. The van der Waals surface area contributed by atoms with E-state index in [2.05, 4.69) is 22.9 Å². The van der Waals surface area contributed by atoms with Crippen molar-refractivity contribution in [3.63, 3.8) is 0 Å². The maximum atomic E-state index is 12.5. The van der Waals surface area contributed by atoms with Crippen LogP contribution >= 0.6 is 15.9 Å². The number of Topliss-reactive ketones (excluding diaryl/α,β-unsaturated/α-hetero) is 1. The van der Waals surface area contributed by atoms with E-state index in [4.69, 9.17) is 4.74 Å². The molecule has 0 saturated heterocycles. The number of carbonyl (C=O) groups excluding carboxylic acids is 1. The van der Waals surface area contributed by atoms with Crippen molar-refractivity contribution in [2.75, 3.05) is 7.11 Å². The quantitative estimate of drug-likeness (QED) is 0.739. The first-order valence-electron chi connectivity index (χ1n) is 7.03. The van der Waals surface area contributed by atoms with Crippen molar-refractivity contribution >= 4 is 21.7 Å². The molecule has 1 aromatic rings. The fourth-order valence-corrected chi connectivity index (χ4v) is 3.43. The van der Waals surface area contributed by atoms with Crippen LogP contribution in [0.25, 0.3) is 0 Å². The number of hydrogen-bond donors (Lipinski definition) is 0. The summed E-state index contributed by atoms with van der Waals surface area (Å²) < 4.78 is 6.05. The van der Waals surface area contributed by atoms with Crippen LogP contribution in [0, 0.1) is 11.8 Å². The van der Waals surface area contributed by atoms with Crippen molar-refractivity contribution in [3.05, 3.63) is 28.2 Å². The van der Waals surface area contributed by atoms with Gasteiger partial charge in [-0.05, 0) is 65.7 Å². The first-order valence-corrected chi connectivity index (χ1v) is 7.82. The van der Waals surface area contributed by atoms with Gasteiger partial charge in [-0.3, -0.25) is 4.79 Å². The Hall–Kier alpha value is -0.830. The summed E-state index contributed by atoms with van der Waals surface area (Å²) in [6.45, 7) is 2.24. The molecule has 1 aliphatic rings. The Kier molecular flexibility index (Phi) is 5.03. The molecule has 0 unspecified atom stereocenters. The van der Waals surface area contributed by atoms with Crippen molar-refractivity contribution in [1.29, 1.82) is 0 Å². The number of ether oxygens (including phenoxy) is 1. The summed E-state index contributed by atoms with van der Waals surface area (Å²) in [6, 6.07) is 5.61. The zero-order chi connectivity index (χ0) is 13.8. The van der Waals surface area contributed by atoms with Gasteiger partial charge in [0.2, 0.25) is 0 Å². The van der Waals surface area contributed by atoms with Crippen molar-refractivity contribution in [1.82, 2.24) is 0 Å². The Morgan fingerprint density at radius 3 is 2.53 bits per heavy atom. The highest BCUT2D eigenvalue weighted by Gasteiger charge is 2.26. The second-order valence-corrected chi connectivity index (χ2v) is 6.19. The van der Waals surface area contributed by atoms with Crippen molar-refractivity contribution in [2.24, 2.45) is 11.8 Å². The zero-order valence-corrected chi connectivity index (χ0v) is 13.2. The number of hydrogen-bond acceptors (Lipinski definition) is 2. The highest BCUT2D eigenvalue weighted by molar-refractivity contribution is 9.10. The smallest absolute Gasteiger partial charge is 0.165 e. The van der Waals surface area contributed by atoms with Gasteiger partial charge in [0.05, 0.1) is 11.6 Å². The largest absolute Gasteiger partial charge is 0.496 e. The van der Waals surface area contributed by atoms with E-state index in [1.54, 1.807) is 7.11 Å². The van der Waals surface area contributed by atoms with Gasteiger partial charge in [-0.1, -0.05) is 13.3 Å². The van der Waals surface area contributed by atoms with Gasteiger partial charge in [0.1, 0.15) is 5.75 Å². The van der Waals surface area contributed by atoms with E-state index < -0.39 is 0 Å². The van der Waals surface area contributed by atoms with Crippen LogP contribution in [0.4, 0.5) is 0 Å². The van der Waals surface area contributed by atoms with Crippen LogP contribution in [0.15, 0.2) is 22.7 Å². The highest BCUT2D eigenvalue weighted by Crippen LogP contribution is 2.34. The highest BCUT2D eigenvalue weighted by atomic mass is 79.9. The first-order chi connectivity index (χ1) is 9.15. The molecule has 104 valence electrons. The Morgan fingerprint density at radius 2 is 2.00 bits per heavy atom. The molecule has 0 spiro atoms. The molecule has 2 nitrogen and oxygen atoms in total. The molecule has 2 rings (SSSR count). The van der Waals surface area contributed by atoms with Crippen molar-refractivity contribution in [2.45, 2.75) is 39.0 Å². The number of ketones is 1. The Balaban J connectivity index is 2.06. The van der Waals surface area contributed by atoms with E-state index in [0.29, 0.717) is 0 Å². The third-order valence-corrected chi connectivity index (χ3v) is 4.85.